The molecule has 2 saturated heterocycles. The average molecular weight is 374 g/mol. The van der Waals surface area contributed by atoms with Crippen LogP contribution >= 0.6 is 24.8 Å². The number of para-hydroxylation sites is 2. The van der Waals surface area contributed by atoms with Crippen LogP contribution in [0.5, 0.6) is 0 Å². The third kappa shape index (κ3) is 5.83. The molecule has 3 rings (SSSR count). The summed E-state index contributed by atoms with van der Waals surface area (Å²) in [5.41, 5.74) is 2.15. The predicted molar refractivity (Wildman–Crippen MR) is 106 cm³/mol. The van der Waals surface area contributed by atoms with Crippen LogP contribution in [0.4, 0.5) is 11.4 Å². The van der Waals surface area contributed by atoms with E-state index in [1.807, 2.05) is 12.1 Å². The number of piperidine rings is 1. The minimum absolute atomic E-state index is 0. The molecule has 2 heterocycles. The number of hydrogen-bond donors (Lipinski definition) is 2. The predicted octanol–water partition coefficient (Wildman–Crippen LogP) is 3.85. The zero-order valence-electron chi connectivity index (χ0n) is 14.1. The molecule has 1 aromatic carbocycles. The Kier molecular flexibility index (Phi) is 9.49. The Morgan fingerprint density at radius 2 is 1.79 bits per heavy atom. The first-order chi connectivity index (χ1) is 10.8. The highest BCUT2D eigenvalue weighted by atomic mass is 35.5. The zero-order valence-corrected chi connectivity index (χ0v) is 15.8. The third-order valence-corrected chi connectivity index (χ3v) is 4.86. The van der Waals surface area contributed by atoms with Crippen molar-refractivity contribution in [1.82, 2.24) is 5.32 Å². The van der Waals surface area contributed by atoms with Gasteiger partial charge in [0.05, 0.1) is 11.4 Å². The molecule has 2 fully saturated rings. The van der Waals surface area contributed by atoms with Gasteiger partial charge in [0.25, 0.3) is 0 Å². The summed E-state index contributed by atoms with van der Waals surface area (Å²) in [4.78, 5) is 14.7. The minimum atomic E-state index is 0. The normalized spacial score (nSPS) is 17.8. The molecule has 2 aliphatic rings. The van der Waals surface area contributed by atoms with Gasteiger partial charge < -0.3 is 15.5 Å². The van der Waals surface area contributed by atoms with Crippen molar-refractivity contribution < 1.29 is 4.79 Å². The van der Waals surface area contributed by atoms with Crippen molar-refractivity contribution in [3.63, 3.8) is 0 Å². The molecule has 2 aliphatic heterocycles. The van der Waals surface area contributed by atoms with Crippen molar-refractivity contribution in [2.45, 2.75) is 38.5 Å². The molecular formula is C18H29Cl2N3O. The highest BCUT2D eigenvalue weighted by molar-refractivity contribution is 5.94. The number of benzene rings is 1. The molecule has 2 N–H and O–H groups in total. The van der Waals surface area contributed by atoms with Crippen LogP contribution in [0.25, 0.3) is 0 Å². The standard InChI is InChI=1S/C18H27N3O.2ClH/c22-18(8-7-15-9-11-19-12-10-15)20-16-5-1-2-6-17(16)21-13-3-4-14-21;;/h1-2,5-6,15,19H,3-4,7-14H2,(H,20,22);2*1H. The van der Waals surface area contributed by atoms with Crippen LogP contribution in [-0.4, -0.2) is 32.1 Å². The SMILES string of the molecule is Cl.Cl.O=C(CCC1CCNCC1)Nc1ccccc1N1CCCC1. The zero-order chi connectivity index (χ0) is 15.2. The number of carbonyl (C=O) groups is 1. The summed E-state index contributed by atoms with van der Waals surface area (Å²) in [6, 6.07) is 8.20. The molecule has 0 atom stereocenters. The van der Waals surface area contributed by atoms with Gasteiger partial charge in [-0.1, -0.05) is 12.1 Å². The number of rotatable bonds is 5. The number of nitrogens with one attached hydrogen (secondary N) is 2. The van der Waals surface area contributed by atoms with Crippen molar-refractivity contribution in [3.8, 4) is 0 Å². The van der Waals surface area contributed by atoms with Crippen LogP contribution < -0.4 is 15.5 Å². The lowest BCUT2D eigenvalue weighted by atomic mass is 9.93. The van der Waals surface area contributed by atoms with Crippen LogP contribution in [0.3, 0.4) is 0 Å². The van der Waals surface area contributed by atoms with Crippen molar-refractivity contribution in [2.24, 2.45) is 5.92 Å². The average Bonchev–Trinajstić information content (AvgIpc) is 3.09. The first kappa shape index (κ1) is 21.1. The van der Waals surface area contributed by atoms with E-state index >= 15 is 0 Å². The van der Waals surface area contributed by atoms with E-state index in [2.05, 4.69) is 27.7 Å². The fourth-order valence-corrected chi connectivity index (χ4v) is 3.53. The second-order valence-electron chi connectivity index (χ2n) is 6.49. The summed E-state index contributed by atoms with van der Waals surface area (Å²) in [6.07, 6.45) is 6.56. The summed E-state index contributed by atoms with van der Waals surface area (Å²) in [7, 11) is 0. The van der Waals surface area contributed by atoms with Crippen molar-refractivity contribution in [2.75, 3.05) is 36.4 Å². The maximum atomic E-state index is 12.3. The number of hydrogen-bond acceptors (Lipinski definition) is 3. The maximum absolute atomic E-state index is 12.3. The Labute approximate surface area is 157 Å². The number of amides is 1. The molecule has 1 amide bonds. The van der Waals surface area contributed by atoms with Crippen molar-refractivity contribution in [1.29, 1.82) is 0 Å². The van der Waals surface area contributed by atoms with Gasteiger partial charge in [-0.25, -0.2) is 0 Å². The van der Waals surface area contributed by atoms with E-state index in [1.165, 1.54) is 31.4 Å². The minimum Gasteiger partial charge on any atom is -0.370 e. The monoisotopic (exact) mass is 373 g/mol. The lowest BCUT2D eigenvalue weighted by Gasteiger charge is -2.23. The van der Waals surface area contributed by atoms with Gasteiger partial charge in [-0.2, -0.15) is 0 Å². The highest BCUT2D eigenvalue weighted by Crippen LogP contribution is 2.29. The summed E-state index contributed by atoms with van der Waals surface area (Å²) >= 11 is 0. The van der Waals surface area contributed by atoms with E-state index in [4.69, 9.17) is 0 Å². The molecule has 1 aromatic rings. The van der Waals surface area contributed by atoms with Crippen LogP contribution in [0.1, 0.15) is 38.5 Å². The molecule has 0 bridgehead atoms. The Hall–Kier alpha value is -0.970. The van der Waals surface area contributed by atoms with Gasteiger partial charge in [-0.3, -0.25) is 4.79 Å². The van der Waals surface area contributed by atoms with Gasteiger partial charge in [0, 0.05) is 19.5 Å². The molecule has 0 spiro atoms. The van der Waals surface area contributed by atoms with E-state index in [-0.39, 0.29) is 30.7 Å². The summed E-state index contributed by atoms with van der Waals surface area (Å²) in [5.74, 6) is 0.867. The first-order valence-electron chi connectivity index (χ1n) is 8.67. The van der Waals surface area contributed by atoms with E-state index in [0.29, 0.717) is 12.3 Å². The molecule has 0 saturated carbocycles. The van der Waals surface area contributed by atoms with Gasteiger partial charge >= 0.3 is 0 Å². The molecule has 136 valence electrons. The number of halogens is 2. The number of nitrogens with zero attached hydrogens (tertiary/aromatic N) is 1. The van der Waals surface area contributed by atoms with E-state index < -0.39 is 0 Å². The van der Waals surface area contributed by atoms with Gasteiger partial charge in [0.1, 0.15) is 0 Å². The summed E-state index contributed by atoms with van der Waals surface area (Å²) < 4.78 is 0. The fraction of sp³-hybridized carbons (Fsp3) is 0.611. The first-order valence-corrected chi connectivity index (χ1v) is 8.67. The largest absolute Gasteiger partial charge is 0.370 e. The van der Waals surface area contributed by atoms with Gasteiger partial charge in [0.2, 0.25) is 5.91 Å². The van der Waals surface area contributed by atoms with Crippen molar-refractivity contribution >= 4 is 42.1 Å². The van der Waals surface area contributed by atoms with Crippen LogP contribution in [-0.2, 0) is 4.79 Å². The summed E-state index contributed by atoms with van der Waals surface area (Å²) in [6.45, 7) is 4.40. The molecule has 0 aliphatic carbocycles. The van der Waals surface area contributed by atoms with Crippen molar-refractivity contribution in [3.05, 3.63) is 24.3 Å². The Morgan fingerprint density at radius 3 is 2.50 bits per heavy atom. The second-order valence-corrected chi connectivity index (χ2v) is 6.49. The second kappa shape index (κ2) is 10.8. The molecule has 4 nitrogen and oxygen atoms in total. The number of carbonyl (C=O) groups excluding carboxylic acids is 1. The van der Waals surface area contributed by atoms with Crippen LogP contribution in [0.15, 0.2) is 24.3 Å². The molecule has 0 aromatic heterocycles. The van der Waals surface area contributed by atoms with E-state index in [9.17, 15) is 4.79 Å². The van der Waals surface area contributed by atoms with Gasteiger partial charge in [-0.15, -0.1) is 24.8 Å². The summed E-state index contributed by atoms with van der Waals surface area (Å²) in [5, 5.41) is 6.51. The van der Waals surface area contributed by atoms with E-state index in [0.717, 1.165) is 38.3 Å². The highest BCUT2D eigenvalue weighted by Gasteiger charge is 2.18. The third-order valence-electron chi connectivity index (χ3n) is 4.86. The van der Waals surface area contributed by atoms with Crippen LogP contribution in [0, 0.1) is 5.92 Å². The van der Waals surface area contributed by atoms with Gasteiger partial charge in [0.15, 0.2) is 0 Å². The molecule has 6 heteroatoms. The molecule has 0 radical (unpaired) electrons. The Bertz CT molecular complexity index is 501. The van der Waals surface area contributed by atoms with Crippen LogP contribution in [0.2, 0.25) is 0 Å². The Balaban J connectivity index is 0.00000144. The topological polar surface area (TPSA) is 44.4 Å². The Morgan fingerprint density at radius 1 is 1.12 bits per heavy atom. The van der Waals surface area contributed by atoms with E-state index in [1.54, 1.807) is 0 Å². The quantitative estimate of drug-likeness (QED) is 0.823. The maximum Gasteiger partial charge on any atom is 0.224 e. The molecule has 24 heavy (non-hydrogen) atoms. The molecule has 0 unspecified atom stereocenters. The number of anilines is 2. The lowest BCUT2D eigenvalue weighted by molar-refractivity contribution is -0.116. The smallest absolute Gasteiger partial charge is 0.224 e. The fourth-order valence-electron chi connectivity index (χ4n) is 3.53. The lowest BCUT2D eigenvalue weighted by Crippen LogP contribution is -2.28. The van der Waals surface area contributed by atoms with Gasteiger partial charge in [-0.05, 0) is 63.2 Å². The molecular weight excluding hydrogens is 345 g/mol.